The van der Waals surface area contributed by atoms with Gasteiger partial charge in [-0.05, 0) is 62.6 Å². The third kappa shape index (κ3) is 6.51. The Labute approximate surface area is 228 Å². The molecule has 0 N–H and O–H groups in total. The SMILES string of the molecule is CCOC(=O)COc1c(Cl)cc(C=Nn2c(C3CCCCC3)nc3ccc(Br)cc3c2=O)cc1OCC. The van der Waals surface area contributed by atoms with Crippen molar-refractivity contribution in [1.29, 1.82) is 0 Å². The predicted molar refractivity (Wildman–Crippen MR) is 147 cm³/mol. The van der Waals surface area contributed by atoms with E-state index < -0.39 is 5.97 Å². The fourth-order valence-corrected chi connectivity index (χ4v) is 5.06. The second kappa shape index (κ2) is 12.6. The fourth-order valence-electron chi connectivity index (χ4n) is 4.43. The minimum atomic E-state index is -0.503. The van der Waals surface area contributed by atoms with Crippen LogP contribution < -0.4 is 15.0 Å². The second-order valence-electron chi connectivity index (χ2n) is 8.68. The molecule has 0 spiro atoms. The molecular formula is C27H29BrClN3O5. The van der Waals surface area contributed by atoms with Crippen molar-refractivity contribution >= 4 is 50.6 Å². The van der Waals surface area contributed by atoms with E-state index in [1.165, 1.54) is 11.1 Å². The molecule has 1 aliphatic carbocycles. The monoisotopic (exact) mass is 589 g/mol. The van der Waals surface area contributed by atoms with E-state index in [2.05, 4.69) is 21.0 Å². The van der Waals surface area contributed by atoms with Crippen LogP contribution in [0.1, 0.15) is 63.3 Å². The molecule has 10 heteroatoms. The largest absolute Gasteiger partial charge is 0.490 e. The molecule has 196 valence electrons. The van der Waals surface area contributed by atoms with Gasteiger partial charge in [-0.1, -0.05) is 46.8 Å². The first-order valence-electron chi connectivity index (χ1n) is 12.4. The van der Waals surface area contributed by atoms with Gasteiger partial charge in [-0.3, -0.25) is 4.79 Å². The van der Waals surface area contributed by atoms with Gasteiger partial charge >= 0.3 is 5.97 Å². The van der Waals surface area contributed by atoms with Gasteiger partial charge in [-0.2, -0.15) is 9.78 Å². The van der Waals surface area contributed by atoms with Crippen LogP contribution in [0, 0.1) is 0 Å². The number of benzene rings is 2. The molecule has 0 radical (unpaired) electrons. The van der Waals surface area contributed by atoms with Crippen molar-refractivity contribution in [2.75, 3.05) is 19.8 Å². The standard InChI is InChI=1S/C27H29BrClN3O5/c1-3-35-23-13-17(12-21(29)25(23)37-16-24(33)36-4-2)15-30-32-26(18-8-6-5-7-9-18)31-22-11-10-19(28)14-20(22)27(32)34/h10-15,18H,3-9,16H2,1-2H3. The zero-order valence-electron chi connectivity index (χ0n) is 20.8. The van der Waals surface area contributed by atoms with Crippen LogP contribution in [0.25, 0.3) is 10.9 Å². The van der Waals surface area contributed by atoms with E-state index in [1.54, 1.807) is 31.3 Å². The van der Waals surface area contributed by atoms with Gasteiger partial charge in [0.1, 0.15) is 5.82 Å². The number of fused-ring (bicyclic) bond motifs is 1. The predicted octanol–water partition coefficient (Wildman–Crippen LogP) is 6.08. The summed E-state index contributed by atoms with van der Waals surface area (Å²) in [7, 11) is 0. The second-order valence-corrected chi connectivity index (χ2v) is 10.0. The molecule has 0 bridgehead atoms. The Hall–Kier alpha value is -2.91. The summed E-state index contributed by atoms with van der Waals surface area (Å²) in [6.07, 6.45) is 6.89. The number of hydrogen-bond acceptors (Lipinski definition) is 7. The molecule has 0 amide bonds. The molecular weight excluding hydrogens is 562 g/mol. The summed E-state index contributed by atoms with van der Waals surface area (Å²) in [5, 5.41) is 5.31. The highest BCUT2D eigenvalue weighted by molar-refractivity contribution is 9.10. The van der Waals surface area contributed by atoms with E-state index >= 15 is 0 Å². The summed E-state index contributed by atoms with van der Waals surface area (Å²) in [4.78, 5) is 30.1. The van der Waals surface area contributed by atoms with E-state index in [1.807, 2.05) is 19.1 Å². The van der Waals surface area contributed by atoms with Crippen molar-refractivity contribution in [2.24, 2.45) is 5.10 Å². The average molecular weight is 591 g/mol. The van der Waals surface area contributed by atoms with Crippen molar-refractivity contribution in [2.45, 2.75) is 51.9 Å². The maximum absolute atomic E-state index is 13.5. The van der Waals surface area contributed by atoms with Crippen LogP contribution in [0.4, 0.5) is 0 Å². The minimum Gasteiger partial charge on any atom is -0.490 e. The Morgan fingerprint density at radius 3 is 2.68 bits per heavy atom. The number of aromatic nitrogens is 2. The van der Waals surface area contributed by atoms with E-state index in [0.717, 1.165) is 30.2 Å². The Morgan fingerprint density at radius 1 is 1.16 bits per heavy atom. The molecule has 4 rings (SSSR count). The van der Waals surface area contributed by atoms with Gasteiger partial charge in [0, 0.05) is 10.4 Å². The summed E-state index contributed by atoms with van der Waals surface area (Å²) in [6, 6.07) is 8.85. The van der Waals surface area contributed by atoms with Gasteiger partial charge in [0.25, 0.3) is 5.56 Å². The Bertz CT molecular complexity index is 1370. The number of hydrogen-bond donors (Lipinski definition) is 0. The summed E-state index contributed by atoms with van der Waals surface area (Å²) < 4.78 is 18.4. The molecule has 1 aromatic heterocycles. The zero-order chi connectivity index (χ0) is 26.4. The number of halogens is 2. The molecule has 1 fully saturated rings. The molecule has 1 heterocycles. The number of ether oxygens (including phenoxy) is 3. The summed E-state index contributed by atoms with van der Waals surface area (Å²) in [5.41, 5.74) is 1.03. The van der Waals surface area contributed by atoms with Crippen molar-refractivity contribution in [1.82, 2.24) is 9.66 Å². The lowest BCUT2D eigenvalue weighted by Crippen LogP contribution is -2.25. The first-order valence-corrected chi connectivity index (χ1v) is 13.6. The van der Waals surface area contributed by atoms with Gasteiger partial charge in [0.05, 0.1) is 35.4 Å². The molecule has 0 atom stereocenters. The molecule has 1 aliphatic rings. The van der Waals surface area contributed by atoms with Crippen LogP contribution in [-0.2, 0) is 9.53 Å². The van der Waals surface area contributed by atoms with Crippen molar-refractivity contribution in [3.8, 4) is 11.5 Å². The zero-order valence-corrected chi connectivity index (χ0v) is 23.2. The molecule has 0 unspecified atom stereocenters. The molecule has 3 aromatic rings. The first kappa shape index (κ1) is 27.1. The summed E-state index contributed by atoms with van der Waals surface area (Å²) in [6.45, 7) is 3.88. The maximum atomic E-state index is 13.5. The molecule has 37 heavy (non-hydrogen) atoms. The van der Waals surface area contributed by atoms with Gasteiger partial charge in [-0.25, -0.2) is 9.78 Å². The number of rotatable bonds is 9. The Balaban J connectivity index is 1.73. The highest BCUT2D eigenvalue weighted by Gasteiger charge is 2.23. The van der Waals surface area contributed by atoms with Crippen LogP contribution >= 0.6 is 27.5 Å². The highest BCUT2D eigenvalue weighted by atomic mass is 79.9. The average Bonchev–Trinajstić information content (AvgIpc) is 2.88. The maximum Gasteiger partial charge on any atom is 0.344 e. The van der Waals surface area contributed by atoms with Crippen molar-refractivity contribution in [3.63, 3.8) is 0 Å². The topological polar surface area (TPSA) is 92.0 Å². The Kier molecular flexibility index (Phi) is 9.21. The lowest BCUT2D eigenvalue weighted by atomic mass is 9.88. The number of nitrogens with zero attached hydrogens (tertiary/aromatic N) is 3. The van der Waals surface area contributed by atoms with Crippen molar-refractivity contribution < 1.29 is 19.0 Å². The van der Waals surface area contributed by atoms with Gasteiger partial charge in [0.15, 0.2) is 18.1 Å². The van der Waals surface area contributed by atoms with Crippen LogP contribution in [0.15, 0.2) is 44.7 Å². The summed E-state index contributed by atoms with van der Waals surface area (Å²) >= 11 is 9.93. The summed E-state index contributed by atoms with van der Waals surface area (Å²) in [5.74, 6) is 0.929. The number of carbonyl (C=O) groups excluding carboxylic acids is 1. The van der Waals surface area contributed by atoms with Crippen LogP contribution in [0.3, 0.4) is 0 Å². The fraction of sp³-hybridized carbons (Fsp3) is 0.407. The molecule has 1 saturated carbocycles. The molecule has 0 saturated heterocycles. The third-order valence-electron chi connectivity index (χ3n) is 6.10. The Morgan fingerprint density at radius 2 is 1.95 bits per heavy atom. The number of carbonyl (C=O) groups is 1. The van der Waals surface area contributed by atoms with Gasteiger partial charge < -0.3 is 14.2 Å². The minimum absolute atomic E-state index is 0.160. The van der Waals surface area contributed by atoms with Gasteiger partial charge in [-0.15, -0.1) is 0 Å². The van der Waals surface area contributed by atoms with E-state index in [9.17, 15) is 9.59 Å². The van der Waals surface area contributed by atoms with E-state index in [0.29, 0.717) is 34.6 Å². The third-order valence-corrected chi connectivity index (χ3v) is 6.87. The number of esters is 1. The molecule has 2 aromatic carbocycles. The lowest BCUT2D eigenvalue weighted by molar-refractivity contribution is -0.145. The van der Waals surface area contributed by atoms with Crippen LogP contribution in [0.5, 0.6) is 11.5 Å². The normalized spacial score (nSPS) is 14.3. The smallest absolute Gasteiger partial charge is 0.344 e. The van der Waals surface area contributed by atoms with E-state index in [-0.39, 0.29) is 35.5 Å². The quantitative estimate of drug-likeness (QED) is 0.221. The first-order chi connectivity index (χ1) is 17.9. The highest BCUT2D eigenvalue weighted by Crippen LogP contribution is 2.36. The van der Waals surface area contributed by atoms with E-state index in [4.69, 9.17) is 30.8 Å². The lowest BCUT2D eigenvalue weighted by Gasteiger charge is -2.22. The van der Waals surface area contributed by atoms with Crippen LogP contribution in [-0.4, -0.2) is 41.7 Å². The van der Waals surface area contributed by atoms with Gasteiger partial charge in [0.2, 0.25) is 0 Å². The molecule has 8 nitrogen and oxygen atoms in total. The van der Waals surface area contributed by atoms with Crippen molar-refractivity contribution in [3.05, 3.63) is 61.6 Å². The van der Waals surface area contributed by atoms with Crippen LogP contribution in [0.2, 0.25) is 5.02 Å². The molecule has 0 aliphatic heterocycles.